The Morgan fingerprint density at radius 3 is 2.42 bits per heavy atom. The maximum absolute atomic E-state index is 12.2. The zero-order valence-electron chi connectivity index (χ0n) is 11.8. The lowest BCUT2D eigenvalue weighted by Crippen LogP contribution is -2.47. The van der Waals surface area contributed by atoms with Crippen molar-refractivity contribution in [2.45, 2.75) is 39.7 Å². The average molecular weight is 282 g/mol. The van der Waals surface area contributed by atoms with Crippen LogP contribution in [0.25, 0.3) is 0 Å². The largest absolute Gasteiger partial charge is 0.341 e. The minimum Gasteiger partial charge on any atom is -0.341 e. The number of carbonyl (C=O) groups excluding carboxylic acids is 2. The molecule has 0 radical (unpaired) electrons. The molecule has 4 nitrogen and oxygen atoms in total. The average Bonchev–Trinajstić information content (AvgIpc) is 2.91. The highest BCUT2D eigenvalue weighted by molar-refractivity contribution is 7.12. The molecule has 2 amide bonds. The zero-order valence-corrected chi connectivity index (χ0v) is 12.6. The van der Waals surface area contributed by atoms with E-state index in [1.807, 2.05) is 30.2 Å². The molecule has 1 rings (SSSR count). The molecular formula is C14H22N2O2S. The molecule has 0 saturated carbocycles. The molecule has 0 fully saturated rings. The van der Waals surface area contributed by atoms with Gasteiger partial charge in [-0.3, -0.25) is 9.59 Å². The summed E-state index contributed by atoms with van der Waals surface area (Å²) in [6.07, 6.45) is 1.86. The number of thiophene rings is 1. The van der Waals surface area contributed by atoms with Gasteiger partial charge in [-0.1, -0.05) is 19.9 Å². The highest BCUT2D eigenvalue weighted by atomic mass is 32.1. The van der Waals surface area contributed by atoms with E-state index in [1.54, 1.807) is 13.0 Å². The van der Waals surface area contributed by atoms with Gasteiger partial charge in [0, 0.05) is 13.1 Å². The molecule has 0 aliphatic heterocycles. The molecule has 0 spiro atoms. The second-order valence-electron chi connectivity index (χ2n) is 4.50. The van der Waals surface area contributed by atoms with Crippen LogP contribution in [0.2, 0.25) is 0 Å². The molecule has 1 unspecified atom stereocenters. The van der Waals surface area contributed by atoms with Crippen molar-refractivity contribution < 1.29 is 9.59 Å². The van der Waals surface area contributed by atoms with Crippen LogP contribution in [0.5, 0.6) is 0 Å². The topological polar surface area (TPSA) is 49.4 Å². The Kier molecular flexibility index (Phi) is 6.56. The van der Waals surface area contributed by atoms with Crippen molar-refractivity contribution in [2.75, 3.05) is 13.1 Å². The molecular weight excluding hydrogens is 260 g/mol. The van der Waals surface area contributed by atoms with E-state index < -0.39 is 6.04 Å². The van der Waals surface area contributed by atoms with Crippen LogP contribution in [0.15, 0.2) is 17.5 Å². The van der Waals surface area contributed by atoms with Gasteiger partial charge in [0.1, 0.15) is 6.04 Å². The molecule has 5 heteroatoms. The van der Waals surface area contributed by atoms with Crippen LogP contribution in [-0.2, 0) is 4.79 Å². The first-order chi connectivity index (χ1) is 9.10. The highest BCUT2D eigenvalue weighted by Gasteiger charge is 2.21. The van der Waals surface area contributed by atoms with Crippen molar-refractivity contribution in [1.29, 1.82) is 0 Å². The third-order valence-electron chi connectivity index (χ3n) is 2.76. The summed E-state index contributed by atoms with van der Waals surface area (Å²) in [6, 6.07) is 3.10. The Balaban J connectivity index is 2.57. The van der Waals surface area contributed by atoms with Gasteiger partial charge in [-0.2, -0.15) is 0 Å². The number of nitrogens with zero attached hydrogens (tertiary/aromatic N) is 1. The fraction of sp³-hybridized carbons (Fsp3) is 0.571. The van der Waals surface area contributed by atoms with E-state index in [-0.39, 0.29) is 11.8 Å². The van der Waals surface area contributed by atoms with Crippen molar-refractivity contribution in [3.63, 3.8) is 0 Å². The Morgan fingerprint density at radius 2 is 1.95 bits per heavy atom. The van der Waals surface area contributed by atoms with E-state index in [1.165, 1.54) is 11.3 Å². The lowest BCUT2D eigenvalue weighted by atomic mass is 10.2. The van der Waals surface area contributed by atoms with E-state index in [4.69, 9.17) is 0 Å². The monoisotopic (exact) mass is 282 g/mol. The van der Waals surface area contributed by atoms with Crippen molar-refractivity contribution in [2.24, 2.45) is 0 Å². The molecule has 19 heavy (non-hydrogen) atoms. The standard InChI is InChI=1S/C14H22N2O2S/c1-4-8-16(9-5-2)14(18)11(3)15-13(17)12-7-6-10-19-12/h6-7,10-11H,4-5,8-9H2,1-3H3,(H,15,17). The Morgan fingerprint density at radius 1 is 1.32 bits per heavy atom. The predicted octanol–water partition coefficient (Wildman–Crippen LogP) is 2.52. The van der Waals surface area contributed by atoms with Gasteiger partial charge in [0.2, 0.25) is 5.91 Å². The summed E-state index contributed by atoms with van der Waals surface area (Å²) in [5, 5.41) is 4.61. The van der Waals surface area contributed by atoms with Crippen LogP contribution >= 0.6 is 11.3 Å². The first kappa shape index (κ1) is 15.7. The van der Waals surface area contributed by atoms with Crippen LogP contribution in [0.3, 0.4) is 0 Å². The Hall–Kier alpha value is -1.36. The van der Waals surface area contributed by atoms with Crippen LogP contribution < -0.4 is 5.32 Å². The molecule has 0 aliphatic rings. The number of carbonyl (C=O) groups is 2. The molecule has 106 valence electrons. The molecule has 0 aromatic carbocycles. The normalized spacial score (nSPS) is 11.9. The maximum Gasteiger partial charge on any atom is 0.261 e. The van der Waals surface area contributed by atoms with Crippen LogP contribution in [0, 0.1) is 0 Å². The lowest BCUT2D eigenvalue weighted by molar-refractivity contribution is -0.132. The van der Waals surface area contributed by atoms with Crippen molar-refractivity contribution in [1.82, 2.24) is 10.2 Å². The molecule has 1 N–H and O–H groups in total. The molecule has 1 aromatic rings. The Labute approximate surface area is 118 Å². The number of hydrogen-bond donors (Lipinski definition) is 1. The van der Waals surface area contributed by atoms with Crippen LogP contribution in [-0.4, -0.2) is 35.8 Å². The first-order valence-electron chi connectivity index (χ1n) is 6.73. The third kappa shape index (κ3) is 4.67. The van der Waals surface area contributed by atoms with Gasteiger partial charge in [0.05, 0.1) is 4.88 Å². The molecule has 0 aliphatic carbocycles. The summed E-state index contributed by atoms with van der Waals surface area (Å²) in [6.45, 7) is 7.32. The number of amides is 2. The summed E-state index contributed by atoms with van der Waals surface area (Å²) in [7, 11) is 0. The fourth-order valence-electron chi connectivity index (χ4n) is 1.88. The SMILES string of the molecule is CCCN(CCC)C(=O)C(C)NC(=O)c1cccs1. The summed E-state index contributed by atoms with van der Waals surface area (Å²) in [5.74, 6) is -0.183. The maximum atomic E-state index is 12.2. The van der Waals surface area contributed by atoms with Gasteiger partial charge >= 0.3 is 0 Å². The predicted molar refractivity (Wildman–Crippen MR) is 78.4 cm³/mol. The quantitative estimate of drug-likeness (QED) is 0.835. The molecule has 0 bridgehead atoms. The number of nitrogens with one attached hydrogen (secondary N) is 1. The van der Waals surface area contributed by atoms with E-state index in [0.29, 0.717) is 4.88 Å². The molecule has 1 aromatic heterocycles. The van der Waals surface area contributed by atoms with Crippen LogP contribution in [0.1, 0.15) is 43.3 Å². The second-order valence-corrected chi connectivity index (χ2v) is 5.45. The van der Waals surface area contributed by atoms with Gasteiger partial charge in [0.15, 0.2) is 0 Å². The molecule has 0 saturated heterocycles. The van der Waals surface area contributed by atoms with Gasteiger partial charge in [-0.25, -0.2) is 0 Å². The minimum absolute atomic E-state index is 0.00592. The lowest BCUT2D eigenvalue weighted by Gasteiger charge is -2.25. The summed E-state index contributed by atoms with van der Waals surface area (Å²) < 4.78 is 0. The van der Waals surface area contributed by atoms with E-state index in [9.17, 15) is 9.59 Å². The van der Waals surface area contributed by atoms with E-state index in [2.05, 4.69) is 5.32 Å². The van der Waals surface area contributed by atoms with Gasteiger partial charge < -0.3 is 10.2 Å². The van der Waals surface area contributed by atoms with Crippen molar-refractivity contribution in [3.05, 3.63) is 22.4 Å². The van der Waals surface area contributed by atoms with Crippen molar-refractivity contribution >= 4 is 23.2 Å². The van der Waals surface area contributed by atoms with E-state index >= 15 is 0 Å². The zero-order chi connectivity index (χ0) is 14.3. The van der Waals surface area contributed by atoms with Gasteiger partial charge in [-0.05, 0) is 31.2 Å². The molecule has 1 atom stereocenters. The highest BCUT2D eigenvalue weighted by Crippen LogP contribution is 2.08. The third-order valence-corrected chi connectivity index (χ3v) is 3.63. The fourth-order valence-corrected chi connectivity index (χ4v) is 2.51. The van der Waals surface area contributed by atoms with Gasteiger partial charge in [-0.15, -0.1) is 11.3 Å². The summed E-state index contributed by atoms with van der Waals surface area (Å²) in [5.41, 5.74) is 0. The first-order valence-corrected chi connectivity index (χ1v) is 7.61. The summed E-state index contributed by atoms with van der Waals surface area (Å²) >= 11 is 1.38. The van der Waals surface area contributed by atoms with E-state index in [0.717, 1.165) is 25.9 Å². The van der Waals surface area contributed by atoms with Crippen LogP contribution in [0.4, 0.5) is 0 Å². The minimum atomic E-state index is -0.479. The van der Waals surface area contributed by atoms with Crippen molar-refractivity contribution in [3.8, 4) is 0 Å². The Bertz CT molecular complexity index is 398. The summed E-state index contributed by atoms with van der Waals surface area (Å²) in [4.78, 5) is 26.6. The smallest absolute Gasteiger partial charge is 0.261 e. The van der Waals surface area contributed by atoms with Gasteiger partial charge in [0.25, 0.3) is 5.91 Å². The molecule has 1 heterocycles. The number of rotatable bonds is 7. The second kappa shape index (κ2) is 7.94. The number of hydrogen-bond acceptors (Lipinski definition) is 3.